The molecule has 5 rings (SSSR count). The van der Waals surface area contributed by atoms with Gasteiger partial charge in [-0.2, -0.15) is 26.3 Å². The molecular weight excluding hydrogens is 632 g/mol. The van der Waals surface area contributed by atoms with Gasteiger partial charge in [-0.15, -0.1) is 0 Å². The maximum absolute atomic E-state index is 15.4. The predicted octanol–water partition coefficient (Wildman–Crippen LogP) is 6.46. The largest absolute Gasteiger partial charge is 0.444 e. The Morgan fingerprint density at radius 3 is 2.11 bits per heavy atom. The molecule has 2 amide bonds. The lowest BCUT2D eigenvalue weighted by Gasteiger charge is -2.45. The van der Waals surface area contributed by atoms with Crippen LogP contribution in [0.1, 0.15) is 74.5 Å². The molecule has 2 aromatic rings. The van der Waals surface area contributed by atoms with E-state index in [1.165, 1.54) is 18.0 Å². The molecule has 9 nitrogen and oxygen atoms in total. The van der Waals surface area contributed by atoms with Crippen molar-refractivity contribution in [3.05, 3.63) is 53.1 Å². The van der Waals surface area contributed by atoms with Gasteiger partial charge in [-0.25, -0.2) is 9.78 Å². The zero-order chi connectivity index (χ0) is 34.5. The highest BCUT2D eigenvalue weighted by atomic mass is 19.4. The van der Waals surface area contributed by atoms with E-state index in [9.17, 15) is 14.4 Å². The van der Waals surface area contributed by atoms with Gasteiger partial charge in [-0.3, -0.25) is 9.59 Å². The average Bonchev–Trinajstić information content (AvgIpc) is 3.43. The van der Waals surface area contributed by atoms with Crippen molar-refractivity contribution >= 4 is 29.0 Å². The summed E-state index contributed by atoms with van der Waals surface area (Å²) in [7, 11) is 1.21. The van der Waals surface area contributed by atoms with Crippen LogP contribution < -0.4 is 5.32 Å². The number of aromatic nitrogens is 2. The molecule has 1 atom stereocenters. The van der Waals surface area contributed by atoms with Crippen molar-refractivity contribution in [3.63, 3.8) is 0 Å². The number of halogens is 6. The number of carbonyl (C=O) groups excluding carboxylic acids is 3. The van der Waals surface area contributed by atoms with E-state index in [1.807, 2.05) is 0 Å². The number of anilines is 1. The number of rotatable bonds is 4. The van der Waals surface area contributed by atoms with Gasteiger partial charge in [0, 0.05) is 56.0 Å². The molecule has 0 aliphatic carbocycles. The highest BCUT2D eigenvalue weighted by Crippen LogP contribution is 2.56. The molecule has 0 spiro atoms. The Kier molecular flexibility index (Phi) is 8.90. The molecule has 2 fully saturated rings. The fraction of sp³-hybridized carbons (Fsp3) is 0.562. The van der Waals surface area contributed by atoms with E-state index in [2.05, 4.69) is 10.3 Å². The number of allylic oxidation sites excluding steroid dienone is 1. The molecule has 2 saturated heterocycles. The number of nitrogens with zero attached hydrogens (tertiary/aromatic N) is 4. The number of hydrogen-bond donors (Lipinski definition) is 1. The molecule has 256 valence electrons. The molecule has 1 unspecified atom stereocenters. The second kappa shape index (κ2) is 12.2. The van der Waals surface area contributed by atoms with Crippen LogP contribution in [0.4, 0.5) is 36.8 Å². The number of hydrogen-bond acceptors (Lipinski definition) is 6. The van der Waals surface area contributed by atoms with E-state index in [-0.39, 0.29) is 44.6 Å². The molecule has 1 aromatic heterocycles. The van der Waals surface area contributed by atoms with Gasteiger partial charge in [0.15, 0.2) is 5.78 Å². The van der Waals surface area contributed by atoms with Crippen LogP contribution in [0, 0.1) is 5.92 Å². The van der Waals surface area contributed by atoms with Gasteiger partial charge in [0.05, 0.1) is 29.4 Å². The SMILES string of the molecule is Cn1cncc1C1(C(F)(F)F)Nc2ccc(C(=O)C3CCN(C(=O)OC(C)(C)C)CC3)cc2C(C(F)(F)F)=C1C(=O)N1CCCCC1. The lowest BCUT2D eigenvalue weighted by atomic mass is 9.75. The van der Waals surface area contributed by atoms with Crippen LogP contribution in [-0.4, -0.2) is 81.3 Å². The maximum Gasteiger partial charge on any atom is 0.421 e. The van der Waals surface area contributed by atoms with Crippen LogP contribution in [-0.2, 0) is 22.1 Å². The number of amides is 2. The number of piperidine rings is 2. The van der Waals surface area contributed by atoms with Crippen molar-refractivity contribution in [3.8, 4) is 0 Å². The average molecular weight is 670 g/mol. The highest BCUT2D eigenvalue weighted by molar-refractivity contribution is 6.09. The number of ketones is 1. The van der Waals surface area contributed by atoms with Crippen molar-refractivity contribution in [1.82, 2.24) is 19.4 Å². The second-order valence-electron chi connectivity index (χ2n) is 13.2. The first kappa shape index (κ1) is 34.3. The summed E-state index contributed by atoms with van der Waals surface area (Å²) < 4.78 is 98.3. The van der Waals surface area contributed by atoms with Crippen LogP contribution in [0.5, 0.6) is 0 Å². The monoisotopic (exact) mass is 669 g/mol. The first-order chi connectivity index (χ1) is 21.8. The van der Waals surface area contributed by atoms with Gasteiger partial charge in [0.25, 0.3) is 5.91 Å². The van der Waals surface area contributed by atoms with Crippen molar-refractivity contribution in [1.29, 1.82) is 0 Å². The Bertz CT molecular complexity index is 1580. The molecule has 3 aliphatic rings. The van der Waals surface area contributed by atoms with Crippen LogP contribution >= 0.6 is 0 Å². The van der Waals surface area contributed by atoms with Crippen molar-refractivity contribution in [2.75, 3.05) is 31.5 Å². The van der Waals surface area contributed by atoms with Gasteiger partial charge < -0.3 is 24.4 Å². The zero-order valence-corrected chi connectivity index (χ0v) is 26.5. The number of carbonyl (C=O) groups is 3. The van der Waals surface area contributed by atoms with Crippen LogP contribution in [0.25, 0.3) is 5.57 Å². The Balaban J connectivity index is 1.61. The first-order valence-corrected chi connectivity index (χ1v) is 15.4. The third kappa shape index (κ3) is 6.45. The number of nitrogens with one attached hydrogen (secondary N) is 1. The molecule has 0 bridgehead atoms. The number of fused-ring (bicyclic) bond motifs is 1. The fourth-order valence-electron chi connectivity index (χ4n) is 6.57. The highest BCUT2D eigenvalue weighted by Gasteiger charge is 2.67. The number of imidazole rings is 1. The Morgan fingerprint density at radius 1 is 0.936 bits per heavy atom. The topological polar surface area (TPSA) is 96.8 Å². The normalized spacial score (nSPS) is 21.3. The molecule has 15 heteroatoms. The van der Waals surface area contributed by atoms with Crippen molar-refractivity contribution < 1.29 is 45.5 Å². The number of Topliss-reactive ketones (excluding diaryl/α,β-unsaturated/α-hetero) is 1. The maximum atomic E-state index is 15.4. The van der Waals surface area contributed by atoms with E-state index in [4.69, 9.17) is 4.74 Å². The van der Waals surface area contributed by atoms with Gasteiger partial charge >= 0.3 is 18.4 Å². The minimum Gasteiger partial charge on any atom is -0.444 e. The fourth-order valence-corrected chi connectivity index (χ4v) is 6.57. The van der Waals surface area contributed by atoms with Gasteiger partial charge in [-0.1, -0.05) is 0 Å². The lowest BCUT2D eigenvalue weighted by molar-refractivity contribution is -0.177. The third-order valence-electron chi connectivity index (χ3n) is 8.80. The van der Waals surface area contributed by atoms with Crippen LogP contribution in [0.3, 0.4) is 0 Å². The minimum atomic E-state index is -5.44. The summed E-state index contributed by atoms with van der Waals surface area (Å²) in [4.78, 5) is 46.3. The molecule has 1 aromatic carbocycles. The number of benzene rings is 1. The number of alkyl halides is 6. The van der Waals surface area contributed by atoms with Crippen LogP contribution in [0.15, 0.2) is 36.3 Å². The Morgan fingerprint density at radius 2 is 1.57 bits per heavy atom. The summed E-state index contributed by atoms with van der Waals surface area (Å²) in [5.41, 5.74) is -9.70. The van der Waals surface area contributed by atoms with E-state index in [1.54, 1.807) is 20.8 Å². The Hall–Kier alpha value is -4.04. The molecule has 47 heavy (non-hydrogen) atoms. The predicted molar refractivity (Wildman–Crippen MR) is 159 cm³/mol. The van der Waals surface area contributed by atoms with Gasteiger partial charge in [-0.05, 0) is 71.1 Å². The molecule has 4 heterocycles. The first-order valence-electron chi connectivity index (χ1n) is 15.4. The second-order valence-corrected chi connectivity index (χ2v) is 13.2. The summed E-state index contributed by atoms with van der Waals surface area (Å²) in [5.74, 6) is -2.55. The molecule has 0 saturated carbocycles. The smallest absolute Gasteiger partial charge is 0.421 e. The number of ether oxygens (including phenoxy) is 1. The van der Waals surface area contributed by atoms with Crippen molar-refractivity contribution in [2.45, 2.75) is 76.4 Å². The van der Waals surface area contributed by atoms with E-state index >= 15 is 26.3 Å². The number of likely N-dealkylation sites (tertiary alicyclic amines) is 2. The molecule has 3 aliphatic heterocycles. The minimum absolute atomic E-state index is 0.000169. The summed E-state index contributed by atoms with van der Waals surface area (Å²) in [6, 6.07) is 3.12. The van der Waals surface area contributed by atoms with Crippen LogP contribution in [0.2, 0.25) is 0 Å². The molecule has 0 radical (unpaired) electrons. The molecule has 1 N–H and O–H groups in total. The number of aryl methyl sites for hydroxylation is 1. The summed E-state index contributed by atoms with van der Waals surface area (Å²) >= 11 is 0. The lowest BCUT2D eigenvalue weighted by Crippen LogP contribution is -2.58. The van der Waals surface area contributed by atoms with Crippen molar-refractivity contribution in [2.24, 2.45) is 13.0 Å². The van der Waals surface area contributed by atoms with E-state index < -0.39 is 75.3 Å². The third-order valence-corrected chi connectivity index (χ3v) is 8.80. The summed E-state index contributed by atoms with van der Waals surface area (Å²) in [6.45, 7) is 5.52. The van der Waals surface area contributed by atoms with E-state index in [0.29, 0.717) is 19.3 Å². The Labute approximate surface area is 267 Å². The standard InChI is InChI=1S/C32H37F6N5O4/c1-29(2,3)47-28(46)43-14-10-19(11-15-43)26(44)20-8-9-22-21(16-20)24(31(33,34)35)25(27(45)42-12-6-5-7-13-42)30(40-22,32(36,37)38)23-17-39-18-41(23)4/h8-9,16-19,40H,5-7,10-15H2,1-4H3. The summed E-state index contributed by atoms with van der Waals surface area (Å²) in [6.07, 6.45) is -7.62. The molecular formula is C32H37F6N5O4. The quantitative estimate of drug-likeness (QED) is 0.297. The summed E-state index contributed by atoms with van der Waals surface area (Å²) in [5, 5.41) is 2.29. The van der Waals surface area contributed by atoms with Gasteiger partial charge in [0.1, 0.15) is 5.60 Å². The zero-order valence-electron chi connectivity index (χ0n) is 26.5. The van der Waals surface area contributed by atoms with Gasteiger partial charge in [0.2, 0.25) is 5.54 Å². The van der Waals surface area contributed by atoms with E-state index in [0.717, 1.165) is 34.1 Å².